The third-order valence-corrected chi connectivity index (χ3v) is 5.63. The summed E-state index contributed by atoms with van der Waals surface area (Å²) >= 11 is 0. The van der Waals surface area contributed by atoms with E-state index in [1.807, 2.05) is 28.8 Å². The van der Waals surface area contributed by atoms with Crippen molar-refractivity contribution in [2.45, 2.75) is 0 Å². The van der Waals surface area contributed by atoms with Crippen LogP contribution in [0.15, 0.2) is 60.9 Å². The number of anilines is 1. The molecule has 1 aliphatic rings. The summed E-state index contributed by atoms with van der Waals surface area (Å²) in [5.41, 5.74) is 4.04. The number of alkyl halides is 1. The Hall–Kier alpha value is -3.39. The summed E-state index contributed by atoms with van der Waals surface area (Å²) in [6, 6.07) is 14.1. The maximum absolute atomic E-state index is 13.5. The Balaban J connectivity index is 1.58. The smallest absolute Gasteiger partial charge is 0.155 e. The molecule has 31 heavy (non-hydrogen) atoms. The summed E-state index contributed by atoms with van der Waals surface area (Å²) in [5, 5.41) is 4.90. The number of imidazole rings is 1. The highest BCUT2D eigenvalue weighted by Crippen LogP contribution is 2.32. The van der Waals surface area contributed by atoms with Crippen LogP contribution in [0.5, 0.6) is 0 Å². The number of hydrogen-bond acceptors (Lipinski definition) is 5. The van der Waals surface area contributed by atoms with Crippen LogP contribution >= 0.6 is 0 Å². The lowest BCUT2D eigenvalue weighted by Crippen LogP contribution is -2.47. The number of hydrogen-bond donors (Lipinski definition) is 0. The third-order valence-electron chi connectivity index (χ3n) is 5.63. The van der Waals surface area contributed by atoms with E-state index in [0.29, 0.717) is 12.2 Å². The van der Waals surface area contributed by atoms with Crippen molar-refractivity contribution in [1.82, 2.24) is 24.5 Å². The van der Waals surface area contributed by atoms with Crippen LogP contribution in [0, 0.1) is 5.82 Å². The summed E-state index contributed by atoms with van der Waals surface area (Å²) in [4.78, 5) is 13.3. The Bertz CT molecular complexity index is 1170. The molecule has 0 N–H and O–H groups in total. The molecule has 0 spiro atoms. The molecule has 4 heterocycles. The van der Waals surface area contributed by atoms with Crippen molar-refractivity contribution >= 4 is 11.5 Å². The van der Waals surface area contributed by atoms with Crippen LogP contribution < -0.4 is 4.90 Å². The highest BCUT2D eigenvalue weighted by atomic mass is 19.1. The molecule has 0 atom stereocenters. The van der Waals surface area contributed by atoms with Gasteiger partial charge in [0.1, 0.15) is 24.0 Å². The molecule has 1 fully saturated rings. The van der Waals surface area contributed by atoms with Gasteiger partial charge in [0.2, 0.25) is 0 Å². The van der Waals surface area contributed by atoms with Crippen molar-refractivity contribution in [3.05, 3.63) is 66.7 Å². The Morgan fingerprint density at radius 2 is 1.58 bits per heavy atom. The molecule has 1 saturated heterocycles. The first-order chi connectivity index (χ1) is 15.2. The topological polar surface area (TPSA) is 49.6 Å². The molecule has 158 valence electrons. The number of piperazine rings is 1. The van der Waals surface area contributed by atoms with Crippen molar-refractivity contribution in [2.75, 3.05) is 44.3 Å². The minimum absolute atomic E-state index is 0.287. The first-order valence-electron chi connectivity index (χ1n) is 10.3. The van der Waals surface area contributed by atoms with E-state index in [-0.39, 0.29) is 12.5 Å². The van der Waals surface area contributed by atoms with E-state index in [4.69, 9.17) is 10.1 Å². The predicted octanol–water partition coefficient (Wildman–Crippen LogP) is 3.69. The normalized spacial score (nSPS) is 15.0. The van der Waals surface area contributed by atoms with E-state index in [1.54, 1.807) is 24.5 Å². The van der Waals surface area contributed by atoms with Gasteiger partial charge in [0.05, 0.1) is 5.69 Å². The van der Waals surface area contributed by atoms with Crippen LogP contribution in [-0.2, 0) is 0 Å². The zero-order valence-electron chi connectivity index (χ0n) is 17.0. The molecule has 0 aliphatic carbocycles. The van der Waals surface area contributed by atoms with E-state index < -0.39 is 0 Å². The Morgan fingerprint density at radius 3 is 2.29 bits per heavy atom. The van der Waals surface area contributed by atoms with Crippen molar-refractivity contribution in [1.29, 1.82) is 0 Å². The van der Waals surface area contributed by atoms with E-state index in [9.17, 15) is 8.78 Å². The molecule has 0 unspecified atom stereocenters. The van der Waals surface area contributed by atoms with Crippen molar-refractivity contribution in [3.63, 3.8) is 0 Å². The average molecular weight is 420 g/mol. The largest absolute Gasteiger partial charge is 0.353 e. The highest BCUT2D eigenvalue weighted by Gasteiger charge is 2.21. The second-order valence-corrected chi connectivity index (χ2v) is 7.53. The van der Waals surface area contributed by atoms with Gasteiger partial charge in [-0.15, -0.1) is 5.10 Å². The molecule has 3 aromatic heterocycles. The molecule has 1 aliphatic heterocycles. The van der Waals surface area contributed by atoms with Gasteiger partial charge in [-0.2, -0.15) is 0 Å². The van der Waals surface area contributed by atoms with Crippen molar-refractivity contribution < 1.29 is 8.78 Å². The lowest BCUT2D eigenvalue weighted by molar-refractivity contribution is 0.235. The second kappa shape index (κ2) is 8.39. The number of halogens is 2. The minimum atomic E-state index is -0.319. The predicted molar refractivity (Wildman–Crippen MR) is 116 cm³/mol. The molecule has 1 aromatic carbocycles. The van der Waals surface area contributed by atoms with Gasteiger partial charge in [-0.05, 0) is 48.5 Å². The summed E-state index contributed by atoms with van der Waals surface area (Å²) in [5.74, 6) is 0.566. The Kier molecular flexibility index (Phi) is 5.30. The molecule has 0 radical (unpaired) electrons. The maximum atomic E-state index is 13.5. The number of pyridine rings is 1. The lowest BCUT2D eigenvalue weighted by atomic mass is 10.1. The zero-order chi connectivity index (χ0) is 21.2. The van der Waals surface area contributed by atoms with Gasteiger partial charge in [-0.1, -0.05) is 0 Å². The standard InChI is InChI=1S/C23H22F2N6/c24-9-12-29-13-15-30(16-14-29)21-6-5-20-27-22(17-1-3-19(25)4-2-17)23(31(20)28-21)18-7-10-26-11-8-18/h1-8,10-11H,9,12-16H2. The zero-order valence-corrected chi connectivity index (χ0v) is 17.0. The molecule has 6 nitrogen and oxygen atoms in total. The van der Waals surface area contributed by atoms with Crippen LogP contribution in [-0.4, -0.2) is 63.9 Å². The molecule has 0 bridgehead atoms. The molecular formula is C23H22F2N6. The first kappa shape index (κ1) is 19.6. The second-order valence-electron chi connectivity index (χ2n) is 7.53. The van der Waals surface area contributed by atoms with Crippen LogP contribution in [0.4, 0.5) is 14.6 Å². The van der Waals surface area contributed by atoms with Crippen LogP contribution in [0.3, 0.4) is 0 Å². The van der Waals surface area contributed by atoms with E-state index in [2.05, 4.69) is 14.8 Å². The van der Waals surface area contributed by atoms with Gasteiger partial charge in [0.15, 0.2) is 5.65 Å². The molecule has 4 aromatic rings. The molecule has 5 rings (SSSR count). The number of aromatic nitrogens is 4. The number of rotatable bonds is 5. The van der Waals surface area contributed by atoms with Crippen LogP contribution in [0.1, 0.15) is 0 Å². The molecule has 0 amide bonds. The van der Waals surface area contributed by atoms with Gasteiger partial charge in [0, 0.05) is 56.2 Å². The monoisotopic (exact) mass is 420 g/mol. The fraction of sp³-hybridized carbons (Fsp3) is 0.261. The van der Waals surface area contributed by atoms with Gasteiger partial charge in [0.25, 0.3) is 0 Å². The van der Waals surface area contributed by atoms with Crippen molar-refractivity contribution in [3.8, 4) is 22.5 Å². The van der Waals surface area contributed by atoms with Crippen molar-refractivity contribution in [2.24, 2.45) is 0 Å². The van der Waals surface area contributed by atoms with Crippen LogP contribution in [0.25, 0.3) is 28.2 Å². The number of fused-ring (bicyclic) bond motifs is 1. The quantitative estimate of drug-likeness (QED) is 0.493. The summed E-state index contributed by atoms with van der Waals surface area (Å²) in [6.45, 7) is 3.37. The number of nitrogens with zero attached hydrogens (tertiary/aromatic N) is 6. The SMILES string of the molecule is FCCN1CCN(c2ccc3nc(-c4ccc(F)cc4)c(-c4ccncc4)n3n2)CC1. The highest BCUT2D eigenvalue weighted by molar-refractivity contribution is 5.81. The van der Waals surface area contributed by atoms with Gasteiger partial charge in [-0.25, -0.2) is 18.3 Å². The number of benzene rings is 1. The Morgan fingerprint density at radius 1 is 0.839 bits per heavy atom. The molecule has 8 heteroatoms. The third kappa shape index (κ3) is 3.86. The molecular weight excluding hydrogens is 398 g/mol. The Labute approximate surface area is 178 Å². The maximum Gasteiger partial charge on any atom is 0.155 e. The summed E-state index contributed by atoms with van der Waals surface area (Å²) in [6.07, 6.45) is 3.47. The van der Waals surface area contributed by atoms with E-state index >= 15 is 0 Å². The van der Waals surface area contributed by atoms with Gasteiger partial charge < -0.3 is 4.90 Å². The fourth-order valence-electron chi connectivity index (χ4n) is 3.99. The lowest BCUT2D eigenvalue weighted by Gasteiger charge is -2.34. The fourth-order valence-corrected chi connectivity index (χ4v) is 3.99. The van der Waals surface area contributed by atoms with Crippen LogP contribution in [0.2, 0.25) is 0 Å². The minimum Gasteiger partial charge on any atom is -0.353 e. The summed E-state index contributed by atoms with van der Waals surface area (Å²) < 4.78 is 28.0. The first-order valence-corrected chi connectivity index (χ1v) is 10.3. The molecule has 0 saturated carbocycles. The van der Waals surface area contributed by atoms with E-state index in [1.165, 1.54) is 12.1 Å². The van der Waals surface area contributed by atoms with E-state index in [0.717, 1.165) is 54.5 Å². The van der Waals surface area contributed by atoms with Gasteiger partial charge >= 0.3 is 0 Å². The average Bonchev–Trinajstić information content (AvgIpc) is 3.19. The summed E-state index contributed by atoms with van der Waals surface area (Å²) in [7, 11) is 0. The van der Waals surface area contributed by atoms with Gasteiger partial charge in [-0.3, -0.25) is 9.88 Å².